The number of hydrogen-bond donors (Lipinski definition) is 0. The smallest absolute Gasteiger partial charge is 0.252 e. The summed E-state index contributed by atoms with van der Waals surface area (Å²) in [6.45, 7) is 6.91. The highest BCUT2D eigenvalue weighted by atomic mass is 16.5. The number of para-hydroxylation sites is 4. The third-order valence-corrected chi connectivity index (χ3v) is 16.5. The minimum atomic E-state index is -0.650. The van der Waals surface area contributed by atoms with E-state index in [0.29, 0.717) is 0 Å². The molecule has 354 valence electrons. The molecule has 0 amide bonds. The summed E-state index contributed by atoms with van der Waals surface area (Å²) in [4.78, 5) is 5.23. The SMILES string of the molecule is CC(C)(C)c1cc2c3c(c1)N(c1ccccc1-c1ccccc1)c1cc4c(cc1B3c1cc(-c3ccccc3)ccc1N2c1ccccc1-c1ccccc1)C1(c2ccccc2Oc2ccccc21)c1ccccc1-4. The molecule has 0 aromatic heterocycles. The van der Waals surface area contributed by atoms with Crippen LogP contribution in [0.25, 0.3) is 44.5 Å². The summed E-state index contributed by atoms with van der Waals surface area (Å²) in [6, 6.07) is 94.8. The van der Waals surface area contributed by atoms with Gasteiger partial charge < -0.3 is 14.5 Å². The normalized spacial score (nSPS) is 13.9. The van der Waals surface area contributed by atoms with Gasteiger partial charge in [-0.1, -0.05) is 227 Å². The Morgan fingerprint density at radius 1 is 0.333 bits per heavy atom. The van der Waals surface area contributed by atoms with Gasteiger partial charge in [-0.15, -0.1) is 0 Å². The van der Waals surface area contributed by atoms with Crippen molar-refractivity contribution in [2.45, 2.75) is 31.6 Å². The Kier molecular flexibility index (Phi) is 9.53. The van der Waals surface area contributed by atoms with E-state index in [1.807, 2.05) is 0 Å². The Hall–Kier alpha value is -9.12. The van der Waals surface area contributed by atoms with Crippen LogP contribution in [0.2, 0.25) is 0 Å². The number of hydrogen-bond acceptors (Lipinski definition) is 3. The van der Waals surface area contributed by atoms with Crippen molar-refractivity contribution in [3.8, 4) is 56.0 Å². The van der Waals surface area contributed by atoms with Gasteiger partial charge in [0.25, 0.3) is 6.71 Å². The first-order valence-electron chi connectivity index (χ1n) is 26.3. The van der Waals surface area contributed by atoms with E-state index >= 15 is 0 Å². The molecule has 11 aromatic rings. The van der Waals surface area contributed by atoms with Crippen LogP contribution in [0, 0.1) is 0 Å². The van der Waals surface area contributed by atoms with Gasteiger partial charge in [-0.3, -0.25) is 0 Å². The molecule has 4 heteroatoms. The van der Waals surface area contributed by atoms with Crippen molar-refractivity contribution in [3.05, 3.63) is 283 Å². The lowest BCUT2D eigenvalue weighted by Gasteiger charge is -2.46. The molecule has 0 N–H and O–H groups in total. The van der Waals surface area contributed by atoms with Crippen LogP contribution in [0.5, 0.6) is 11.5 Å². The lowest BCUT2D eigenvalue weighted by Crippen LogP contribution is -2.61. The highest BCUT2D eigenvalue weighted by molar-refractivity contribution is 7.00. The lowest BCUT2D eigenvalue weighted by molar-refractivity contribution is 0.436. The quantitative estimate of drug-likeness (QED) is 0.160. The molecule has 0 fully saturated rings. The van der Waals surface area contributed by atoms with Crippen LogP contribution >= 0.6 is 0 Å². The highest BCUT2D eigenvalue weighted by Crippen LogP contribution is 2.63. The zero-order valence-corrected chi connectivity index (χ0v) is 42.1. The van der Waals surface area contributed by atoms with Gasteiger partial charge >= 0.3 is 0 Å². The van der Waals surface area contributed by atoms with Gasteiger partial charge in [-0.25, -0.2) is 0 Å². The number of fused-ring (bicyclic) bond motifs is 13. The van der Waals surface area contributed by atoms with Crippen LogP contribution in [0.15, 0.2) is 255 Å². The maximum absolute atomic E-state index is 6.87. The Balaban J connectivity index is 1.12. The molecule has 11 aromatic carbocycles. The fraction of sp³-hybridized carbons (Fsp3) is 0.0704. The first-order chi connectivity index (χ1) is 36.9. The van der Waals surface area contributed by atoms with E-state index in [2.05, 4.69) is 285 Å². The van der Waals surface area contributed by atoms with Gasteiger partial charge in [0.1, 0.15) is 11.5 Å². The first kappa shape index (κ1) is 43.5. The number of benzene rings is 11. The second kappa shape index (κ2) is 16.4. The molecule has 1 aliphatic carbocycles. The van der Waals surface area contributed by atoms with Crippen LogP contribution in [-0.4, -0.2) is 6.71 Å². The molecule has 0 radical (unpaired) electrons. The van der Waals surface area contributed by atoms with Crippen LogP contribution in [-0.2, 0) is 10.8 Å². The summed E-state index contributed by atoms with van der Waals surface area (Å²) >= 11 is 0. The Labute approximate surface area is 439 Å². The standard InChI is InChI=1S/C71H51BN2O/c1-70(2,3)50-42-65-69-66(43-50)74(62-36-20-15-30-52(62)48-27-11-6-12-28-48)64-44-54-53-31-13-16-32-55(53)71(56-33-17-21-37-67(56)75-68-38-22-18-34-57(68)71)58(54)45-60(64)72(69)59-41-49(46-23-7-4-8-24-46)39-40-63(59)73(65)61-35-19-14-29-51(61)47-25-9-5-10-26-47/h4-45H,1-3H3. The largest absolute Gasteiger partial charge is 0.457 e. The summed E-state index contributed by atoms with van der Waals surface area (Å²) in [5.74, 6) is 1.78. The van der Waals surface area contributed by atoms with Crippen LogP contribution in [0.3, 0.4) is 0 Å². The summed E-state index contributed by atoms with van der Waals surface area (Å²) in [5.41, 5.74) is 25.7. The van der Waals surface area contributed by atoms with Crippen LogP contribution < -0.4 is 30.9 Å². The van der Waals surface area contributed by atoms with Crippen molar-refractivity contribution in [1.82, 2.24) is 0 Å². The van der Waals surface area contributed by atoms with Gasteiger partial charge in [0, 0.05) is 45.0 Å². The maximum Gasteiger partial charge on any atom is 0.252 e. The maximum atomic E-state index is 6.87. The molecular weight excluding hydrogens is 908 g/mol. The number of rotatable bonds is 5. The predicted octanol–water partition coefficient (Wildman–Crippen LogP) is 16.5. The predicted molar refractivity (Wildman–Crippen MR) is 313 cm³/mol. The summed E-state index contributed by atoms with van der Waals surface area (Å²) in [6.07, 6.45) is 0. The highest BCUT2D eigenvalue weighted by Gasteiger charge is 2.53. The fourth-order valence-electron chi connectivity index (χ4n) is 13.2. The van der Waals surface area contributed by atoms with E-state index in [0.717, 1.165) is 34.0 Å². The van der Waals surface area contributed by atoms with E-state index < -0.39 is 5.41 Å². The Bertz CT molecular complexity index is 4060. The molecule has 0 saturated carbocycles. The summed E-state index contributed by atoms with van der Waals surface area (Å²) in [5, 5.41) is 0. The molecular formula is C71H51BN2O. The number of anilines is 6. The number of nitrogens with zero attached hydrogens (tertiary/aromatic N) is 2. The zero-order valence-electron chi connectivity index (χ0n) is 42.1. The summed E-state index contributed by atoms with van der Waals surface area (Å²) in [7, 11) is 0. The van der Waals surface area contributed by atoms with Gasteiger partial charge in [0.2, 0.25) is 0 Å². The van der Waals surface area contributed by atoms with E-state index in [-0.39, 0.29) is 12.1 Å². The van der Waals surface area contributed by atoms with Crippen LogP contribution in [0.1, 0.15) is 48.6 Å². The minimum Gasteiger partial charge on any atom is -0.457 e. The molecule has 3 nitrogen and oxygen atoms in total. The van der Waals surface area contributed by atoms with E-state index in [1.165, 1.54) is 100 Å². The number of ether oxygens (including phenoxy) is 1. The molecule has 0 atom stereocenters. The molecule has 0 unspecified atom stereocenters. The van der Waals surface area contributed by atoms with Crippen molar-refractivity contribution < 1.29 is 4.74 Å². The van der Waals surface area contributed by atoms with Gasteiger partial charge in [0.05, 0.1) is 16.8 Å². The molecule has 1 spiro atoms. The molecule has 3 heterocycles. The average molecular weight is 959 g/mol. The monoisotopic (exact) mass is 958 g/mol. The average Bonchev–Trinajstić information content (AvgIpc) is 3.90. The lowest BCUT2D eigenvalue weighted by atomic mass is 9.33. The van der Waals surface area contributed by atoms with Crippen LogP contribution in [0.4, 0.5) is 34.1 Å². The molecule has 0 bridgehead atoms. The van der Waals surface area contributed by atoms with Crippen molar-refractivity contribution in [2.75, 3.05) is 9.80 Å². The van der Waals surface area contributed by atoms with Gasteiger partial charge in [-0.05, 0) is 120 Å². The molecule has 3 aliphatic heterocycles. The topological polar surface area (TPSA) is 15.7 Å². The molecule has 0 saturated heterocycles. The van der Waals surface area contributed by atoms with Crippen molar-refractivity contribution in [3.63, 3.8) is 0 Å². The van der Waals surface area contributed by atoms with E-state index in [1.54, 1.807) is 0 Å². The van der Waals surface area contributed by atoms with E-state index in [9.17, 15) is 0 Å². The van der Waals surface area contributed by atoms with E-state index in [4.69, 9.17) is 4.74 Å². The zero-order chi connectivity index (χ0) is 50.0. The van der Waals surface area contributed by atoms with Gasteiger partial charge in [-0.2, -0.15) is 0 Å². The third kappa shape index (κ3) is 6.36. The Morgan fingerprint density at radius 2 is 0.800 bits per heavy atom. The third-order valence-electron chi connectivity index (χ3n) is 16.5. The second-order valence-electron chi connectivity index (χ2n) is 21.5. The summed E-state index contributed by atoms with van der Waals surface area (Å²) < 4.78 is 6.87. The van der Waals surface area contributed by atoms with Gasteiger partial charge in [0.15, 0.2) is 0 Å². The van der Waals surface area contributed by atoms with Crippen molar-refractivity contribution in [2.24, 2.45) is 0 Å². The molecule has 15 rings (SSSR count). The fourth-order valence-corrected chi connectivity index (χ4v) is 13.2. The minimum absolute atomic E-state index is 0.158. The molecule has 75 heavy (non-hydrogen) atoms. The van der Waals surface area contributed by atoms with Crippen molar-refractivity contribution in [1.29, 1.82) is 0 Å². The second-order valence-corrected chi connectivity index (χ2v) is 21.5. The molecule has 4 aliphatic rings. The Morgan fingerprint density at radius 3 is 1.37 bits per heavy atom. The first-order valence-corrected chi connectivity index (χ1v) is 26.3. The van der Waals surface area contributed by atoms with Crippen molar-refractivity contribution >= 4 is 57.2 Å².